The van der Waals surface area contributed by atoms with E-state index in [0.29, 0.717) is 0 Å². The van der Waals surface area contributed by atoms with Crippen molar-refractivity contribution in [3.8, 4) is 5.40 Å². The van der Waals surface area contributed by atoms with Gasteiger partial charge in [-0.3, -0.25) is 0 Å². The third-order valence-electron chi connectivity index (χ3n) is 0.907. The molecular weight excluding hydrogens is 156 g/mol. The zero-order valence-corrected chi connectivity index (χ0v) is 7.14. The highest BCUT2D eigenvalue weighted by molar-refractivity contribution is 8.03. The number of nitrogens with zero attached hydrogens (tertiary/aromatic N) is 1. The molecule has 0 fully saturated rings. The summed E-state index contributed by atoms with van der Waals surface area (Å²) in [7, 11) is 1.50. The molecule has 0 aliphatic carbocycles. The van der Waals surface area contributed by atoms with Gasteiger partial charge in [0.15, 0.2) is 0 Å². The van der Waals surface area contributed by atoms with Crippen LogP contribution in [0.25, 0.3) is 0 Å². The predicted octanol–water partition coefficient (Wildman–Crippen LogP) is 1.83. The molecule has 58 valence electrons. The second-order valence-electron chi connectivity index (χ2n) is 1.51. The average molecular weight is 166 g/mol. The average Bonchev–Trinajstić information content (AvgIpc) is 2.11. The van der Waals surface area contributed by atoms with Crippen LogP contribution >= 0.6 is 11.8 Å². The van der Waals surface area contributed by atoms with Crippen molar-refractivity contribution in [2.75, 3.05) is 7.05 Å². The van der Waals surface area contributed by atoms with E-state index in [0.717, 1.165) is 4.90 Å². The molecule has 0 spiro atoms. The molecule has 0 bridgehead atoms. The van der Waals surface area contributed by atoms with Crippen molar-refractivity contribution < 1.29 is 0 Å². The number of thioether (sulfide) groups is 1. The first kappa shape index (κ1) is 10.0. The van der Waals surface area contributed by atoms with Crippen molar-refractivity contribution in [1.29, 1.82) is 5.26 Å². The Bertz CT molecular complexity index is 215. The number of thiocyanates is 1. The van der Waals surface area contributed by atoms with E-state index in [1.54, 1.807) is 0 Å². The first-order valence-electron chi connectivity index (χ1n) is 3.12. The van der Waals surface area contributed by atoms with E-state index in [9.17, 15) is 0 Å². The molecule has 0 amide bonds. The van der Waals surface area contributed by atoms with Crippen LogP contribution in [-0.2, 0) is 0 Å². The van der Waals surface area contributed by atoms with Gasteiger partial charge in [-0.25, -0.2) is 0 Å². The third-order valence-corrected chi connectivity index (χ3v) is 1.51. The van der Waals surface area contributed by atoms with E-state index in [1.165, 1.54) is 18.8 Å². The molecule has 0 atom stereocenters. The van der Waals surface area contributed by atoms with Crippen molar-refractivity contribution in [1.82, 2.24) is 0 Å². The lowest BCUT2D eigenvalue weighted by molar-refractivity contribution is 1.47. The van der Waals surface area contributed by atoms with Gasteiger partial charge in [0, 0.05) is 4.90 Å². The molecule has 1 aromatic rings. The van der Waals surface area contributed by atoms with Crippen LogP contribution in [-0.4, -0.2) is 7.05 Å². The predicted molar refractivity (Wildman–Crippen MR) is 48.0 cm³/mol. The molecule has 2 N–H and O–H groups in total. The van der Waals surface area contributed by atoms with Crippen LogP contribution in [0.3, 0.4) is 0 Å². The molecule has 0 unspecified atom stereocenters. The Morgan fingerprint density at radius 1 is 1.27 bits per heavy atom. The Labute approximate surface area is 71.0 Å². The molecule has 0 saturated heterocycles. The lowest BCUT2D eigenvalue weighted by Crippen LogP contribution is -1.69. The Balaban J connectivity index is 0.000000461. The number of rotatable bonds is 1. The van der Waals surface area contributed by atoms with Crippen molar-refractivity contribution in [3.05, 3.63) is 30.3 Å². The SMILES string of the molecule is CN.N#CSc1ccccc1. The monoisotopic (exact) mass is 166 g/mol. The first-order chi connectivity index (χ1) is 5.43. The lowest BCUT2D eigenvalue weighted by Gasteiger charge is -1.86. The van der Waals surface area contributed by atoms with Crippen LogP contribution in [0.2, 0.25) is 0 Å². The molecule has 11 heavy (non-hydrogen) atoms. The number of hydrogen-bond donors (Lipinski definition) is 1. The Hall–Kier alpha value is -0.980. The highest BCUT2D eigenvalue weighted by Gasteiger charge is 1.85. The van der Waals surface area contributed by atoms with Crippen LogP contribution in [0.1, 0.15) is 0 Å². The molecule has 2 nitrogen and oxygen atoms in total. The van der Waals surface area contributed by atoms with Crippen LogP contribution < -0.4 is 5.73 Å². The van der Waals surface area contributed by atoms with Gasteiger partial charge in [0.25, 0.3) is 0 Å². The first-order valence-corrected chi connectivity index (χ1v) is 3.94. The Kier molecular flexibility index (Phi) is 6.50. The van der Waals surface area contributed by atoms with Crippen LogP contribution in [0.5, 0.6) is 0 Å². The Morgan fingerprint density at radius 3 is 2.27 bits per heavy atom. The Morgan fingerprint density at radius 2 is 1.82 bits per heavy atom. The van der Waals surface area contributed by atoms with Gasteiger partial charge in [0.1, 0.15) is 5.40 Å². The second-order valence-corrected chi connectivity index (χ2v) is 2.36. The maximum absolute atomic E-state index is 8.23. The zero-order valence-electron chi connectivity index (χ0n) is 6.32. The third kappa shape index (κ3) is 4.43. The summed E-state index contributed by atoms with van der Waals surface area (Å²) < 4.78 is 0. The summed E-state index contributed by atoms with van der Waals surface area (Å²) in [5.41, 5.74) is 4.50. The minimum absolute atomic E-state index is 1.00. The zero-order chi connectivity index (χ0) is 8.53. The fraction of sp³-hybridized carbons (Fsp3) is 0.125. The largest absolute Gasteiger partial charge is 0.333 e. The summed E-state index contributed by atoms with van der Waals surface area (Å²) in [5.74, 6) is 0. The minimum Gasteiger partial charge on any atom is -0.333 e. The van der Waals surface area contributed by atoms with Crippen molar-refractivity contribution in [2.45, 2.75) is 4.90 Å². The van der Waals surface area contributed by atoms with E-state index in [4.69, 9.17) is 5.26 Å². The molecule has 0 aromatic heterocycles. The van der Waals surface area contributed by atoms with Gasteiger partial charge in [-0.15, -0.1) is 0 Å². The van der Waals surface area contributed by atoms with E-state index in [1.807, 2.05) is 35.7 Å². The van der Waals surface area contributed by atoms with Gasteiger partial charge in [-0.2, -0.15) is 5.26 Å². The molecule has 1 aromatic carbocycles. The van der Waals surface area contributed by atoms with Gasteiger partial charge < -0.3 is 5.73 Å². The molecular formula is C8H10N2S. The maximum Gasteiger partial charge on any atom is 0.138 e. The standard InChI is InChI=1S/C7H5NS.CH5N/c8-6-9-7-4-2-1-3-5-7;1-2/h1-5H;2H2,1H3. The molecule has 0 aliphatic rings. The lowest BCUT2D eigenvalue weighted by atomic mass is 10.4. The summed E-state index contributed by atoms with van der Waals surface area (Å²) in [6.45, 7) is 0. The summed E-state index contributed by atoms with van der Waals surface area (Å²) in [5, 5.41) is 10.2. The van der Waals surface area contributed by atoms with E-state index >= 15 is 0 Å². The number of nitrogens with two attached hydrogens (primary N) is 1. The van der Waals surface area contributed by atoms with Gasteiger partial charge in [-0.1, -0.05) is 18.2 Å². The molecule has 0 aliphatic heterocycles. The van der Waals surface area contributed by atoms with Gasteiger partial charge in [0.2, 0.25) is 0 Å². The fourth-order valence-electron chi connectivity index (χ4n) is 0.541. The van der Waals surface area contributed by atoms with E-state index in [-0.39, 0.29) is 0 Å². The summed E-state index contributed by atoms with van der Waals surface area (Å²) in [6, 6.07) is 9.59. The summed E-state index contributed by atoms with van der Waals surface area (Å²) in [6.07, 6.45) is 0. The highest BCUT2D eigenvalue weighted by atomic mass is 32.2. The van der Waals surface area contributed by atoms with Crippen LogP contribution in [0.4, 0.5) is 0 Å². The van der Waals surface area contributed by atoms with Gasteiger partial charge >= 0.3 is 0 Å². The maximum atomic E-state index is 8.23. The quantitative estimate of drug-likeness (QED) is 0.511. The van der Waals surface area contributed by atoms with Crippen molar-refractivity contribution >= 4 is 11.8 Å². The topological polar surface area (TPSA) is 49.8 Å². The number of nitriles is 1. The normalized spacial score (nSPS) is 7.36. The highest BCUT2D eigenvalue weighted by Crippen LogP contribution is 2.13. The smallest absolute Gasteiger partial charge is 0.138 e. The summed E-state index contributed by atoms with van der Waals surface area (Å²) >= 11 is 1.18. The molecule has 0 saturated carbocycles. The number of benzene rings is 1. The van der Waals surface area contributed by atoms with E-state index in [2.05, 4.69) is 5.73 Å². The minimum atomic E-state index is 1.00. The van der Waals surface area contributed by atoms with Crippen LogP contribution in [0, 0.1) is 10.7 Å². The summed E-state index contributed by atoms with van der Waals surface area (Å²) in [4.78, 5) is 1.00. The van der Waals surface area contributed by atoms with Crippen molar-refractivity contribution in [3.63, 3.8) is 0 Å². The molecule has 3 heteroatoms. The van der Waals surface area contributed by atoms with Crippen molar-refractivity contribution in [2.24, 2.45) is 5.73 Å². The number of hydrogen-bond acceptors (Lipinski definition) is 3. The molecule has 1 rings (SSSR count). The van der Waals surface area contributed by atoms with E-state index < -0.39 is 0 Å². The van der Waals surface area contributed by atoms with Crippen LogP contribution in [0.15, 0.2) is 35.2 Å². The van der Waals surface area contributed by atoms with Gasteiger partial charge in [-0.05, 0) is 30.9 Å². The van der Waals surface area contributed by atoms with Gasteiger partial charge in [0.05, 0.1) is 0 Å². The molecule has 0 radical (unpaired) electrons. The molecule has 0 heterocycles. The fourth-order valence-corrected chi connectivity index (χ4v) is 0.940. The second kappa shape index (κ2) is 7.13.